The van der Waals surface area contributed by atoms with Crippen molar-refractivity contribution in [3.8, 4) is 0 Å². The van der Waals surface area contributed by atoms with Gasteiger partial charge in [-0.05, 0) is 19.8 Å². The van der Waals surface area contributed by atoms with E-state index in [1.807, 2.05) is 25.1 Å². The second-order valence-electron chi connectivity index (χ2n) is 5.29. The minimum absolute atomic E-state index is 0.0260. The second-order valence-corrected chi connectivity index (χ2v) is 5.29. The maximum atomic E-state index is 12.0. The standard InChI is InChI=1S/C16H21NO3/c1-12(11-15(18)13-5-3-2-4-6-13)17-16(19)14-7-9-20-10-8-14/h2-6,12,14H,7-11H2,1H3,(H,17,19). The van der Waals surface area contributed by atoms with Crippen LogP contribution in [0.4, 0.5) is 0 Å². The van der Waals surface area contributed by atoms with Gasteiger partial charge in [0.2, 0.25) is 5.91 Å². The Bertz CT molecular complexity index is 452. The number of carbonyl (C=O) groups excluding carboxylic acids is 2. The van der Waals surface area contributed by atoms with Crippen LogP contribution < -0.4 is 5.32 Å². The molecule has 1 N–H and O–H groups in total. The first-order chi connectivity index (χ1) is 9.66. The van der Waals surface area contributed by atoms with Gasteiger partial charge in [-0.2, -0.15) is 0 Å². The van der Waals surface area contributed by atoms with Gasteiger partial charge >= 0.3 is 0 Å². The van der Waals surface area contributed by atoms with Crippen molar-refractivity contribution in [1.29, 1.82) is 0 Å². The van der Waals surface area contributed by atoms with E-state index in [0.717, 1.165) is 12.8 Å². The predicted molar refractivity (Wildman–Crippen MR) is 76.5 cm³/mol. The number of hydrogen-bond donors (Lipinski definition) is 1. The molecule has 0 aliphatic carbocycles. The number of hydrogen-bond acceptors (Lipinski definition) is 3. The van der Waals surface area contributed by atoms with Gasteiger partial charge in [-0.1, -0.05) is 30.3 Å². The molecule has 0 saturated carbocycles. The molecular formula is C16H21NO3. The topological polar surface area (TPSA) is 55.4 Å². The molecule has 1 aromatic carbocycles. The van der Waals surface area contributed by atoms with Crippen LogP contribution in [0.3, 0.4) is 0 Å². The minimum atomic E-state index is -0.141. The monoisotopic (exact) mass is 275 g/mol. The number of ether oxygens (including phenoxy) is 1. The van der Waals surface area contributed by atoms with Gasteiger partial charge in [-0.15, -0.1) is 0 Å². The molecule has 108 valence electrons. The molecule has 0 spiro atoms. The van der Waals surface area contributed by atoms with Crippen LogP contribution in [0.1, 0.15) is 36.5 Å². The molecule has 1 saturated heterocycles. The van der Waals surface area contributed by atoms with Crippen molar-refractivity contribution in [3.05, 3.63) is 35.9 Å². The van der Waals surface area contributed by atoms with Crippen LogP contribution in [0.2, 0.25) is 0 Å². The molecule has 2 rings (SSSR count). The molecule has 1 aromatic rings. The van der Waals surface area contributed by atoms with E-state index in [2.05, 4.69) is 5.32 Å². The summed E-state index contributed by atoms with van der Waals surface area (Å²) in [5.74, 6) is 0.130. The fraction of sp³-hybridized carbons (Fsp3) is 0.500. The molecule has 1 amide bonds. The second kappa shape index (κ2) is 7.20. The summed E-state index contributed by atoms with van der Waals surface area (Å²) >= 11 is 0. The van der Waals surface area contributed by atoms with Crippen molar-refractivity contribution < 1.29 is 14.3 Å². The van der Waals surface area contributed by atoms with Gasteiger partial charge in [0.05, 0.1) is 0 Å². The Balaban J connectivity index is 1.81. The van der Waals surface area contributed by atoms with Crippen molar-refractivity contribution in [2.75, 3.05) is 13.2 Å². The highest BCUT2D eigenvalue weighted by atomic mass is 16.5. The van der Waals surface area contributed by atoms with E-state index in [4.69, 9.17) is 4.74 Å². The van der Waals surface area contributed by atoms with E-state index in [-0.39, 0.29) is 23.7 Å². The molecule has 1 aliphatic rings. The Labute approximate surface area is 119 Å². The first-order valence-corrected chi connectivity index (χ1v) is 7.13. The lowest BCUT2D eigenvalue weighted by Gasteiger charge is -2.23. The smallest absolute Gasteiger partial charge is 0.223 e. The summed E-state index contributed by atoms with van der Waals surface area (Å²) in [5, 5.41) is 2.93. The zero-order valence-electron chi connectivity index (χ0n) is 11.8. The van der Waals surface area contributed by atoms with Gasteiger partial charge in [-0.25, -0.2) is 0 Å². The quantitative estimate of drug-likeness (QED) is 0.838. The van der Waals surface area contributed by atoms with Crippen LogP contribution in [-0.4, -0.2) is 30.9 Å². The lowest BCUT2D eigenvalue weighted by Crippen LogP contribution is -2.40. The molecule has 0 radical (unpaired) electrons. The number of carbonyl (C=O) groups is 2. The SMILES string of the molecule is CC(CC(=O)c1ccccc1)NC(=O)C1CCOCC1. The summed E-state index contributed by atoms with van der Waals surface area (Å²) in [4.78, 5) is 24.1. The summed E-state index contributed by atoms with van der Waals surface area (Å²) < 4.78 is 5.24. The molecule has 1 aliphatic heterocycles. The highest BCUT2D eigenvalue weighted by Crippen LogP contribution is 2.15. The molecular weight excluding hydrogens is 254 g/mol. The maximum Gasteiger partial charge on any atom is 0.223 e. The normalized spacial score (nSPS) is 17.4. The van der Waals surface area contributed by atoms with E-state index in [9.17, 15) is 9.59 Å². The third-order valence-corrected chi connectivity index (χ3v) is 3.57. The Morgan fingerprint density at radius 2 is 1.90 bits per heavy atom. The van der Waals surface area contributed by atoms with Crippen molar-refractivity contribution in [2.24, 2.45) is 5.92 Å². The molecule has 0 bridgehead atoms. The number of nitrogens with one attached hydrogen (secondary N) is 1. The number of rotatable bonds is 5. The first-order valence-electron chi connectivity index (χ1n) is 7.13. The van der Waals surface area contributed by atoms with Gasteiger partial charge in [0.15, 0.2) is 5.78 Å². The fourth-order valence-electron chi connectivity index (χ4n) is 2.39. The summed E-state index contributed by atoms with van der Waals surface area (Å²) in [6.07, 6.45) is 1.87. The zero-order chi connectivity index (χ0) is 14.4. The summed E-state index contributed by atoms with van der Waals surface area (Å²) in [6.45, 7) is 3.17. The zero-order valence-corrected chi connectivity index (χ0v) is 11.8. The molecule has 0 aromatic heterocycles. The predicted octanol–water partition coefficient (Wildman–Crippen LogP) is 2.19. The third kappa shape index (κ3) is 4.17. The van der Waals surface area contributed by atoms with Crippen LogP contribution in [0, 0.1) is 5.92 Å². The van der Waals surface area contributed by atoms with E-state index in [1.165, 1.54) is 0 Å². The van der Waals surface area contributed by atoms with Crippen molar-refractivity contribution in [3.63, 3.8) is 0 Å². The van der Waals surface area contributed by atoms with E-state index in [1.54, 1.807) is 12.1 Å². The van der Waals surface area contributed by atoms with Crippen LogP contribution >= 0.6 is 0 Å². The van der Waals surface area contributed by atoms with E-state index in [0.29, 0.717) is 25.2 Å². The molecule has 1 atom stereocenters. The average Bonchev–Trinajstić information content (AvgIpc) is 2.49. The summed E-state index contributed by atoms with van der Waals surface area (Å²) in [5.41, 5.74) is 0.694. The first kappa shape index (κ1) is 14.7. The van der Waals surface area contributed by atoms with Gasteiger partial charge in [0, 0.05) is 37.2 Å². The van der Waals surface area contributed by atoms with E-state index >= 15 is 0 Å². The van der Waals surface area contributed by atoms with Crippen molar-refractivity contribution >= 4 is 11.7 Å². The fourth-order valence-corrected chi connectivity index (χ4v) is 2.39. The van der Waals surface area contributed by atoms with Gasteiger partial charge in [0.25, 0.3) is 0 Å². The van der Waals surface area contributed by atoms with Gasteiger partial charge < -0.3 is 10.1 Å². The van der Waals surface area contributed by atoms with Crippen molar-refractivity contribution in [1.82, 2.24) is 5.32 Å². The molecule has 1 heterocycles. The Hall–Kier alpha value is -1.68. The highest BCUT2D eigenvalue weighted by molar-refractivity contribution is 5.96. The third-order valence-electron chi connectivity index (χ3n) is 3.57. The number of Topliss-reactive ketones (excluding diaryl/α,β-unsaturated/α-hetero) is 1. The Morgan fingerprint density at radius 3 is 2.55 bits per heavy atom. The van der Waals surface area contributed by atoms with E-state index < -0.39 is 0 Å². The highest BCUT2D eigenvalue weighted by Gasteiger charge is 2.23. The van der Waals surface area contributed by atoms with Crippen LogP contribution in [0.15, 0.2) is 30.3 Å². The molecule has 4 nitrogen and oxygen atoms in total. The van der Waals surface area contributed by atoms with Crippen LogP contribution in [0.25, 0.3) is 0 Å². The average molecular weight is 275 g/mol. The summed E-state index contributed by atoms with van der Waals surface area (Å²) in [7, 11) is 0. The number of benzene rings is 1. The van der Waals surface area contributed by atoms with Gasteiger partial charge in [0.1, 0.15) is 0 Å². The molecule has 20 heavy (non-hydrogen) atoms. The molecule has 1 unspecified atom stereocenters. The Morgan fingerprint density at radius 1 is 1.25 bits per heavy atom. The van der Waals surface area contributed by atoms with Gasteiger partial charge in [-0.3, -0.25) is 9.59 Å². The van der Waals surface area contributed by atoms with Crippen LogP contribution in [-0.2, 0) is 9.53 Å². The molecule has 4 heteroatoms. The van der Waals surface area contributed by atoms with Crippen LogP contribution in [0.5, 0.6) is 0 Å². The largest absolute Gasteiger partial charge is 0.381 e. The summed E-state index contributed by atoms with van der Waals surface area (Å²) in [6, 6.07) is 9.03. The minimum Gasteiger partial charge on any atom is -0.381 e. The maximum absolute atomic E-state index is 12.0. The Kier molecular flexibility index (Phi) is 5.30. The number of ketones is 1. The lowest BCUT2D eigenvalue weighted by atomic mass is 9.98. The lowest BCUT2D eigenvalue weighted by molar-refractivity contribution is -0.128. The van der Waals surface area contributed by atoms with Crippen molar-refractivity contribution in [2.45, 2.75) is 32.2 Å². The molecule has 1 fully saturated rings. The number of amides is 1.